The van der Waals surface area contributed by atoms with Gasteiger partial charge in [0.25, 0.3) is 0 Å². The van der Waals surface area contributed by atoms with Crippen LogP contribution in [0.2, 0.25) is 0 Å². The van der Waals surface area contributed by atoms with Crippen LogP contribution in [0.1, 0.15) is 19.4 Å². The Hall–Kier alpha value is -1.44. The molecule has 2 atom stereocenters. The summed E-state index contributed by atoms with van der Waals surface area (Å²) in [7, 11) is -2.20. The molecule has 0 saturated heterocycles. The lowest BCUT2D eigenvalue weighted by Crippen LogP contribution is -2.34. The summed E-state index contributed by atoms with van der Waals surface area (Å²) < 4.78 is 26.0. The summed E-state index contributed by atoms with van der Waals surface area (Å²) >= 11 is 0. The molecule has 20 heavy (non-hydrogen) atoms. The number of aryl methyl sites for hydroxylation is 1. The number of carbonyl (C=O) groups is 1. The Balaban J connectivity index is 3.06. The van der Waals surface area contributed by atoms with Gasteiger partial charge in [0, 0.05) is 11.7 Å². The summed E-state index contributed by atoms with van der Waals surface area (Å²) in [5, 5.41) is 2.68. The molecule has 6 nitrogen and oxygen atoms in total. The van der Waals surface area contributed by atoms with Crippen LogP contribution in [0.4, 0.5) is 5.69 Å². The molecule has 0 bridgehead atoms. The maximum absolute atomic E-state index is 11.9. The molecule has 0 heterocycles. The normalized spacial score (nSPS) is 14.7. The predicted octanol–water partition coefficient (Wildman–Crippen LogP) is 0.825. The van der Waals surface area contributed by atoms with Crippen LogP contribution in [0.25, 0.3) is 0 Å². The third-order valence-corrected chi connectivity index (χ3v) is 4.77. The molecular formula is C13H21N3O3S. The summed E-state index contributed by atoms with van der Waals surface area (Å²) in [6, 6.07) is 4.47. The molecule has 4 N–H and O–H groups in total. The first kappa shape index (κ1) is 16.6. The van der Waals surface area contributed by atoms with Crippen molar-refractivity contribution in [3.8, 4) is 0 Å². The number of carbonyl (C=O) groups excluding carboxylic acids is 1. The Bertz CT molecular complexity index is 597. The van der Waals surface area contributed by atoms with Crippen molar-refractivity contribution in [1.82, 2.24) is 4.72 Å². The zero-order chi connectivity index (χ0) is 15.5. The lowest BCUT2D eigenvalue weighted by molar-refractivity contribution is -0.119. The lowest BCUT2D eigenvalue weighted by atomic mass is 10.0. The quantitative estimate of drug-likeness (QED) is 0.749. The fraction of sp³-hybridized carbons (Fsp3) is 0.462. The van der Waals surface area contributed by atoms with Gasteiger partial charge in [-0.15, -0.1) is 0 Å². The molecule has 0 aliphatic heterocycles. The minimum absolute atomic E-state index is 0.145. The number of amides is 1. The Morgan fingerprint density at radius 2 is 1.90 bits per heavy atom. The van der Waals surface area contributed by atoms with E-state index in [1.54, 1.807) is 32.9 Å². The molecule has 0 aromatic heterocycles. The number of nitrogens with two attached hydrogens (primary N) is 1. The summed E-state index contributed by atoms with van der Waals surface area (Å²) in [5.74, 6) is -0.600. The van der Waals surface area contributed by atoms with Crippen LogP contribution in [-0.2, 0) is 14.8 Å². The Morgan fingerprint density at radius 3 is 2.40 bits per heavy atom. The molecule has 1 amide bonds. The van der Waals surface area contributed by atoms with E-state index in [0.29, 0.717) is 11.3 Å². The van der Waals surface area contributed by atoms with Gasteiger partial charge in [0.15, 0.2) is 0 Å². The fourth-order valence-electron chi connectivity index (χ4n) is 1.57. The highest BCUT2D eigenvalue weighted by Gasteiger charge is 2.19. The van der Waals surface area contributed by atoms with E-state index in [0.717, 1.165) is 0 Å². The average molecular weight is 299 g/mol. The molecule has 0 aliphatic carbocycles. The van der Waals surface area contributed by atoms with E-state index in [-0.39, 0.29) is 22.8 Å². The number of benzene rings is 1. The molecule has 0 fully saturated rings. The van der Waals surface area contributed by atoms with Crippen LogP contribution in [0.5, 0.6) is 0 Å². The van der Waals surface area contributed by atoms with Crippen molar-refractivity contribution in [2.45, 2.75) is 31.7 Å². The van der Waals surface area contributed by atoms with Crippen LogP contribution < -0.4 is 15.8 Å². The fourth-order valence-corrected chi connectivity index (χ4v) is 2.57. The molecule has 0 aliphatic rings. The van der Waals surface area contributed by atoms with Crippen molar-refractivity contribution in [1.29, 1.82) is 0 Å². The van der Waals surface area contributed by atoms with Gasteiger partial charge in [0.05, 0.1) is 10.8 Å². The average Bonchev–Trinajstić information content (AvgIpc) is 2.39. The first-order valence-corrected chi connectivity index (χ1v) is 7.78. The first-order valence-electron chi connectivity index (χ1n) is 6.29. The molecular weight excluding hydrogens is 278 g/mol. The standard InChI is InChI=1S/C13H21N3O3S/c1-8-5-6-11(7-12(8)20(18,19)15-4)16-13(17)9(2)10(3)14/h5-7,9-10,15H,14H2,1-4H3,(H,16,17). The van der Waals surface area contributed by atoms with Gasteiger partial charge in [0.1, 0.15) is 0 Å². The largest absolute Gasteiger partial charge is 0.327 e. The highest BCUT2D eigenvalue weighted by Crippen LogP contribution is 2.20. The van der Waals surface area contributed by atoms with Gasteiger partial charge in [-0.2, -0.15) is 0 Å². The summed E-state index contributed by atoms with van der Waals surface area (Å²) in [5.41, 5.74) is 6.71. The van der Waals surface area contributed by atoms with Gasteiger partial charge in [-0.25, -0.2) is 13.1 Å². The second-order valence-corrected chi connectivity index (χ2v) is 6.68. The van der Waals surface area contributed by atoms with E-state index in [1.165, 1.54) is 13.1 Å². The molecule has 2 unspecified atom stereocenters. The maximum atomic E-state index is 11.9. The van der Waals surface area contributed by atoms with Crippen LogP contribution in [0.15, 0.2) is 23.1 Å². The van der Waals surface area contributed by atoms with Crippen LogP contribution >= 0.6 is 0 Å². The first-order chi connectivity index (χ1) is 9.19. The zero-order valence-corrected chi connectivity index (χ0v) is 12.9. The van der Waals surface area contributed by atoms with Crippen molar-refractivity contribution in [3.63, 3.8) is 0 Å². The Kier molecular flexibility index (Phi) is 5.27. The van der Waals surface area contributed by atoms with Gasteiger partial charge < -0.3 is 11.1 Å². The van der Waals surface area contributed by atoms with E-state index in [1.807, 2.05) is 0 Å². The predicted molar refractivity (Wildman–Crippen MR) is 78.9 cm³/mol. The van der Waals surface area contributed by atoms with E-state index in [9.17, 15) is 13.2 Å². The van der Waals surface area contributed by atoms with E-state index >= 15 is 0 Å². The SMILES string of the molecule is CNS(=O)(=O)c1cc(NC(=O)C(C)C(C)N)ccc1C. The van der Waals surface area contributed by atoms with Gasteiger partial charge in [0.2, 0.25) is 15.9 Å². The third-order valence-electron chi connectivity index (χ3n) is 3.22. The Labute approximate surface area is 119 Å². The van der Waals surface area contributed by atoms with Gasteiger partial charge in [-0.3, -0.25) is 4.79 Å². The minimum Gasteiger partial charge on any atom is -0.327 e. The van der Waals surface area contributed by atoms with Crippen molar-refractivity contribution < 1.29 is 13.2 Å². The number of hydrogen-bond acceptors (Lipinski definition) is 4. The molecule has 0 spiro atoms. The molecule has 1 rings (SSSR count). The third kappa shape index (κ3) is 3.78. The van der Waals surface area contributed by atoms with Crippen molar-refractivity contribution in [2.75, 3.05) is 12.4 Å². The second-order valence-electron chi connectivity index (χ2n) is 4.82. The number of sulfonamides is 1. The summed E-state index contributed by atoms with van der Waals surface area (Å²) in [6.07, 6.45) is 0. The number of hydrogen-bond donors (Lipinski definition) is 3. The molecule has 1 aromatic rings. The number of nitrogens with one attached hydrogen (secondary N) is 2. The van der Waals surface area contributed by atoms with Gasteiger partial charge in [-0.05, 0) is 38.6 Å². The zero-order valence-electron chi connectivity index (χ0n) is 12.1. The Morgan fingerprint density at radius 1 is 1.30 bits per heavy atom. The van der Waals surface area contributed by atoms with E-state index in [4.69, 9.17) is 5.73 Å². The van der Waals surface area contributed by atoms with E-state index < -0.39 is 10.0 Å². The monoisotopic (exact) mass is 299 g/mol. The van der Waals surface area contributed by atoms with Crippen molar-refractivity contribution >= 4 is 21.6 Å². The minimum atomic E-state index is -3.55. The highest BCUT2D eigenvalue weighted by molar-refractivity contribution is 7.89. The number of rotatable bonds is 5. The molecule has 7 heteroatoms. The van der Waals surface area contributed by atoms with Gasteiger partial charge >= 0.3 is 0 Å². The van der Waals surface area contributed by atoms with Crippen molar-refractivity contribution in [3.05, 3.63) is 23.8 Å². The maximum Gasteiger partial charge on any atom is 0.240 e. The van der Waals surface area contributed by atoms with Crippen LogP contribution in [-0.4, -0.2) is 27.4 Å². The molecule has 1 aromatic carbocycles. The molecule has 0 radical (unpaired) electrons. The lowest BCUT2D eigenvalue weighted by Gasteiger charge is -2.16. The number of anilines is 1. The van der Waals surface area contributed by atoms with E-state index in [2.05, 4.69) is 10.0 Å². The smallest absolute Gasteiger partial charge is 0.240 e. The van der Waals surface area contributed by atoms with Crippen LogP contribution in [0, 0.1) is 12.8 Å². The van der Waals surface area contributed by atoms with Crippen molar-refractivity contribution in [2.24, 2.45) is 11.7 Å². The van der Waals surface area contributed by atoms with Gasteiger partial charge in [-0.1, -0.05) is 13.0 Å². The molecule has 112 valence electrons. The second kappa shape index (κ2) is 6.34. The summed E-state index contributed by atoms with van der Waals surface area (Å²) in [4.78, 5) is 12.1. The highest BCUT2D eigenvalue weighted by atomic mass is 32.2. The topological polar surface area (TPSA) is 101 Å². The molecule has 0 saturated carbocycles. The van der Waals surface area contributed by atoms with Crippen LogP contribution in [0.3, 0.4) is 0 Å². The summed E-state index contributed by atoms with van der Waals surface area (Å²) in [6.45, 7) is 5.16.